The molecule has 6 heteroatoms. The molecule has 0 rings (SSSR count). The summed E-state index contributed by atoms with van der Waals surface area (Å²) in [6.07, 6.45) is -0.634. The molecule has 0 fully saturated rings. The number of aliphatic carboxylic acids is 2. The smallest absolute Gasteiger partial charge is 0.312 e. The van der Waals surface area contributed by atoms with E-state index >= 15 is 0 Å². The minimum Gasteiger partial charge on any atom is -0.481 e. The summed E-state index contributed by atoms with van der Waals surface area (Å²) >= 11 is 0. The number of carboxylic acids is 2. The van der Waals surface area contributed by atoms with Crippen LogP contribution >= 0.6 is 0 Å². The Morgan fingerprint density at radius 3 is 2.06 bits per heavy atom. The molecule has 0 saturated carbocycles. The molecule has 0 aliphatic heterocycles. The van der Waals surface area contributed by atoms with Crippen LogP contribution in [0, 0.1) is 5.41 Å². The molecule has 1 unspecified atom stereocenters. The molecule has 0 amide bonds. The van der Waals surface area contributed by atoms with Crippen LogP contribution in [0.1, 0.15) is 33.1 Å². The summed E-state index contributed by atoms with van der Waals surface area (Å²) in [5.74, 6) is -2.12. The third-order valence-electron chi connectivity index (χ3n) is 3.05. The van der Waals surface area contributed by atoms with Crippen molar-refractivity contribution in [3.8, 4) is 0 Å². The molecule has 0 bridgehead atoms. The molecule has 1 atom stereocenters. The average Bonchev–Trinajstić information content (AvgIpc) is 2.26. The molecular weight excluding hydrogens is 228 g/mol. The van der Waals surface area contributed by atoms with Gasteiger partial charge < -0.3 is 19.7 Å². The van der Waals surface area contributed by atoms with Crippen molar-refractivity contribution in [3.63, 3.8) is 0 Å². The number of carboxylic acid groups (broad SMARTS) is 2. The summed E-state index contributed by atoms with van der Waals surface area (Å²) in [6.45, 7) is 3.30. The van der Waals surface area contributed by atoms with Crippen molar-refractivity contribution in [1.29, 1.82) is 0 Å². The lowest BCUT2D eigenvalue weighted by Gasteiger charge is -2.34. The van der Waals surface area contributed by atoms with Gasteiger partial charge in [-0.1, -0.05) is 13.8 Å². The predicted octanol–water partition coefficient (Wildman–Crippen LogP) is 1.34. The fourth-order valence-corrected chi connectivity index (χ4v) is 1.87. The fourth-order valence-electron chi connectivity index (χ4n) is 1.87. The lowest BCUT2D eigenvalue weighted by molar-refractivity contribution is -0.175. The van der Waals surface area contributed by atoms with Gasteiger partial charge in [-0.15, -0.1) is 0 Å². The lowest BCUT2D eigenvalue weighted by Crippen LogP contribution is -2.44. The molecule has 0 aliphatic rings. The van der Waals surface area contributed by atoms with Gasteiger partial charge in [0.25, 0.3) is 0 Å². The zero-order chi connectivity index (χ0) is 13.5. The van der Waals surface area contributed by atoms with Gasteiger partial charge in [0.2, 0.25) is 0 Å². The highest BCUT2D eigenvalue weighted by Crippen LogP contribution is 2.35. The van der Waals surface area contributed by atoms with Crippen molar-refractivity contribution in [2.45, 2.75) is 39.2 Å². The Kier molecular flexibility index (Phi) is 6.75. The zero-order valence-electron chi connectivity index (χ0n) is 10.4. The van der Waals surface area contributed by atoms with Gasteiger partial charge >= 0.3 is 11.9 Å². The van der Waals surface area contributed by atoms with Crippen molar-refractivity contribution in [3.05, 3.63) is 0 Å². The second kappa shape index (κ2) is 7.24. The molecule has 0 saturated heterocycles. The van der Waals surface area contributed by atoms with Gasteiger partial charge in [0, 0.05) is 7.11 Å². The second-order valence-electron chi connectivity index (χ2n) is 3.83. The average molecular weight is 248 g/mol. The van der Waals surface area contributed by atoms with Gasteiger partial charge in [0.05, 0.1) is 17.9 Å². The van der Waals surface area contributed by atoms with E-state index in [-0.39, 0.29) is 13.2 Å². The highest BCUT2D eigenvalue weighted by atomic mass is 16.7. The first-order valence-corrected chi connectivity index (χ1v) is 5.50. The van der Waals surface area contributed by atoms with Crippen molar-refractivity contribution in [2.75, 3.05) is 13.9 Å². The van der Waals surface area contributed by atoms with Crippen LogP contribution in [0.3, 0.4) is 0 Å². The fraction of sp³-hybridized carbons (Fsp3) is 0.818. The summed E-state index contributed by atoms with van der Waals surface area (Å²) in [4.78, 5) is 22.1. The third-order valence-corrected chi connectivity index (χ3v) is 3.05. The van der Waals surface area contributed by atoms with Crippen LogP contribution in [-0.2, 0) is 19.1 Å². The maximum atomic E-state index is 11.4. The molecule has 100 valence electrons. The van der Waals surface area contributed by atoms with Crippen LogP contribution < -0.4 is 0 Å². The minimum atomic E-state index is -1.18. The monoisotopic (exact) mass is 248 g/mol. The Labute approximate surface area is 101 Å². The van der Waals surface area contributed by atoms with Crippen LogP contribution in [0.15, 0.2) is 0 Å². The van der Waals surface area contributed by atoms with Crippen LogP contribution in [0.5, 0.6) is 0 Å². The van der Waals surface area contributed by atoms with E-state index in [9.17, 15) is 14.7 Å². The highest BCUT2D eigenvalue weighted by Gasteiger charge is 2.44. The number of ether oxygens (including phenoxy) is 2. The van der Waals surface area contributed by atoms with Crippen LogP contribution in [0.4, 0.5) is 0 Å². The van der Waals surface area contributed by atoms with Crippen LogP contribution in [-0.4, -0.2) is 42.2 Å². The van der Waals surface area contributed by atoms with Crippen molar-refractivity contribution in [1.82, 2.24) is 0 Å². The first-order chi connectivity index (χ1) is 7.94. The molecule has 0 aromatic carbocycles. The Hall–Kier alpha value is -1.14. The topological polar surface area (TPSA) is 93.1 Å². The van der Waals surface area contributed by atoms with Gasteiger partial charge in [-0.25, -0.2) is 0 Å². The highest BCUT2D eigenvalue weighted by molar-refractivity contribution is 5.77. The first kappa shape index (κ1) is 15.9. The minimum absolute atomic E-state index is 0.118. The molecule has 0 aromatic rings. The largest absolute Gasteiger partial charge is 0.481 e. The molecule has 0 aromatic heterocycles. The third kappa shape index (κ3) is 3.98. The SMILES string of the molecule is CCC(CC)(C(=O)O)C(CC(=O)O)OCOC. The van der Waals surface area contributed by atoms with Crippen molar-refractivity contribution >= 4 is 11.9 Å². The first-order valence-electron chi connectivity index (χ1n) is 5.50. The van der Waals surface area contributed by atoms with E-state index in [1.54, 1.807) is 13.8 Å². The summed E-state index contributed by atoms with van der Waals surface area (Å²) in [6, 6.07) is 0. The van der Waals surface area contributed by atoms with Gasteiger partial charge in [-0.2, -0.15) is 0 Å². The maximum absolute atomic E-state index is 11.4. The molecule has 0 heterocycles. The quantitative estimate of drug-likeness (QED) is 0.598. The number of methoxy groups -OCH3 is 1. The predicted molar refractivity (Wildman–Crippen MR) is 59.7 cm³/mol. The number of rotatable bonds is 9. The molecule has 0 spiro atoms. The van der Waals surface area contributed by atoms with Gasteiger partial charge in [0.15, 0.2) is 0 Å². The Balaban J connectivity index is 5.04. The number of hydrogen-bond donors (Lipinski definition) is 2. The molecule has 17 heavy (non-hydrogen) atoms. The summed E-state index contributed by atoms with van der Waals surface area (Å²) < 4.78 is 9.94. The van der Waals surface area contributed by atoms with E-state index in [2.05, 4.69) is 0 Å². The number of hydrogen-bond acceptors (Lipinski definition) is 4. The standard InChI is InChI=1S/C11H20O6/c1-4-11(5-2,10(14)15)8(6-9(12)13)17-7-16-3/h8H,4-7H2,1-3H3,(H,12,13)(H,14,15). The lowest BCUT2D eigenvalue weighted by atomic mass is 9.75. The van der Waals surface area contributed by atoms with Gasteiger partial charge in [-0.05, 0) is 12.8 Å². The van der Waals surface area contributed by atoms with Crippen LogP contribution in [0.2, 0.25) is 0 Å². The summed E-state index contributed by atoms with van der Waals surface area (Å²) in [5.41, 5.74) is -1.18. The van der Waals surface area contributed by atoms with E-state index in [0.29, 0.717) is 12.8 Å². The summed E-state index contributed by atoms with van der Waals surface area (Å²) in [5, 5.41) is 18.1. The van der Waals surface area contributed by atoms with Gasteiger partial charge in [0.1, 0.15) is 6.79 Å². The van der Waals surface area contributed by atoms with E-state index in [1.807, 2.05) is 0 Å². The number of carbonyl (C=O) groups is 2. The van der Waals surface area contributed by atoms with Crippen molar-refractivity contribution < 1.29 is 29.3 Å². The molecule has 6 nitrogen and oxygen atoms in total. The van der Waals surface area contributed by atoms with Gasteiger partial charge in [-0.3, -0.25) is 9.59 Å². The maximum Gasteiger partial charge on any atom is 0.312 e. The summed E-state index contributed by atoms with van der Waals surface area (Å²) in [7, 11) is 1.40. The second-order valence-corrected chi connectivity index (χ2v) is 3.83. The normalized spacial score (nSPS) is 13.4. The molecule has 0 radical (unpaired) electrons. The Bertz CT molecular complexity index is 259. The van der Waals surface area contributed by atoms with E-state index in [0.717, 1.165) is 0 Å². The van der Waals surface area contributed by atoms with E-state index in [4.69, 9.17) is 14.6 Å². The van der Waals surface area contributed by atoms with Crippen LogP contribution in [0.25, 0.3) is 0 Å². The molecule has 0 aliphatic carbocycles. The Morgan fingerprint density at radius 1 is 1.24 bits per heavy atom. The molecular formula is C11H20O6. The van der Waals surface area contributed by atoms with Crippen molar-refractivity contribution in [2.24, 2.45) is 5.41 Å². The Morgan fingerprint density at radius 2 is 1.76 bits per heavy atom. The zero-order valence-corrected chi connectivity index (χ0v) is 10.4. The van der Waals surface area contributed by atoms with E-state index < -0.39 is 23.5 Å². The van der Waals surface area contributed by atoms with E-state index in [1.165, 1.54) is 7.11 Å². The molecule has 2 N–H and O–H groups in total.